The van der Waals surface area contributed by atoms with Crippen LogP contribution >= 0.6 is 0 Å². The van der Waals surface area contributed by atoms with E-state index in [-0.39, 0.29) is 6.04 Å². The van der Waals surface area contributed by atoms with Gasteiger partial charge in [0.05, 0.1) is 6.26 Å². The maximum Gasteiger partial charge on any atom is 0.133 e. The van der Waals surface area contributed by atoms with E-state index in [1.54, 1.807) is 18.4 Å². The van der Waals surface area contributed by atoms with Crippen molar-refractivity contribution < 1.29 is 9.52 Å². The first-order valence-electron chi connectivity index (χ1n) is 7.34. The van der Waals surface area contributed by atoms with E-state index in [0.29, 0.717) is 12.3 Å². The normalized spacial score (nSPS) is 13.9. The molecular weight excluding hydrogens is 264 g/mol. The van der Waals surface area contributed by atoms with Gasteiger partial charge in [-0.2, -0.15) is 0 Å². The minimum atomic E-state index is -0.616. The van der Waals surface area contributed by atoms with Crippen LogP contribution in [0.4, 0.5) is 5.69 Å². The van der Waals surface area contributed by atoms with Gasteiger partial charge in [0.15, 0.2) is 0 Å². The molecule has 0 amide bonds. The Hall–Kier alpha value is -1.78. The summed E-state index contributed by atoms with van der Waals surface area (Å²) in [5, 5.41) is 13.5. The van der Waals surface area contributed by atoms with E-state index in [4.69, 9.17) is 4.42 Å². The topological polar surface area (TPSA) is 48.6 Å². The van der Waals surface area contributed by atoms with Crippen molar-refractivity contribution in [1.29, 1.82) is 0 Å². The summed E-state index contributed by atoms with van der Waals surface area (Å²) in [5.41, 5.74) is 2.42. The van der Waals surface area contributed by atoms with Crippen LogP contribution in [0.1, 0.15) is 36.8 Å². The van der Waals surface area contributed by atoms with Crippen LogP contribution in [-0.2, 0) is 0 Å². The Morgan fingerprint density at radius 2 is 1.90 bits per heavy atom. The van der Waals surface area contributed by atoms with Gasteiger partial charge in [0, 0.05) is 32.4 Å². The molecular formula is C17H24N2O2. The molecule has 0 aliphatic rings. The zero-order valence-corrected chi connectivity index (χ0v) is 12.9. The summed E-state index contributed by atoms with van der Waals surface area (Å²) >= 11 is 0. The van der Waals surface area contributed by atoms with Gasteiger partial charge in [-0.25, -0.2) is 0 Å². The molecule has 4 nitrogen and oxygen atoms in total. The Kier molecular flexibility index (Phi) is 5.42. The van der Waals surface area contributed by atoms with Crippen molar-refractivity contribution in [1.82, 2.24) is 5.32 Å². The predicted octanol–water partition coefficient (Wildman–Crippen LogP) is 3.12. The molecule has 2 rings (SSSR count). The minimum Gasteiger partial charge on any atom is -0.467 e. The number of nitrogens with one attached hydrogen (secondary N) is 1. The minimum absolute atomic E-state index is 0.228. The van der Waals surface area contributed by atoms with Crippen LogP contribution in [0.3, 0.4) is 0 Å². The monoisotopic (exact) mass is 288 g/mol. The Morgan fingerprint density at radius 3 is 2.43 bits per heavy atom. The third kappa shape index (κ3) is 4.09. The molecule has 21 heavy (non-hydrogen) atoms. The second kappa shape index (κ2) is 7.29. The first kappa shape index (κ1) is 15.6. The van der Waals surface area contributed by atoms with Gasteiger partial charge in [0.2, 0.25) is 0 Å². The number of benzene rings is 1. The summed E-state index contributed by atoms with van der Waals surface area (Å²) in [6.45, 7) is 2.61. The van der Waals surface area contributed by atoms with Gasteiger partial charge in [0.1, 0.15) is 11.9 Å². The number of anilines is 1. The van der Waals surface area contributed by atoms with Crippen molar-refractivity contribution in [3.63, 3.8) is 0 Å². The van der Waals surface area contributed by atoms with Crippen LogP contribution in [0.15, 0.2) is 47.1 Å². The van der Waals surface area contributed by atoms with E-state index in [0.717, 1.165) is 6.42 Å². The fourth-order valence-corrected chi connectivity index (χ4v) is 2.34. The van der Waals surface area contributed by atoms with Gasteiger partial charge in [-0.1, -0.05) is 19.1 Å². The first-order valence-corrected chi connectivity index (χ1v) is 7.34. The van der Waals surface area contributed by atoms with Crippen molar-refractivity contribution >= 4 is 5.69 Å². The number of furan rings is 1. The lowest BCUT2D eigenvalue weighted by molar-refractivity contribution is 0.143. The SMILES string of the molecule is CCC(NCC(O)c1ccco1)c1ccc(N(C)C)cc1. The molecule has 114 valence electrons. The van der Waals surface area contributed by atoms with Crippen LogP contribution in [0.2, 0.25) is 0 Å². The van der Waals surface area contributed by atoms with Gasteiger partial charge in [0.25, 0.3) is 0 Å². The summed E-state index contributed by atoms with van der Waals surface area (Å²) in [6.07, 6.45) is 1.93. The summed E-state index contributed by atoms with van der Waals surface area (Å²) in [5.74, 6) is 0.598. The molecule has 2 unspecified atom stereocenters. The van der Waals surface area contributed by atoms with Gasteiger partial charge >= 0.3 is 0 Å². The molecule has 0 aliphatic carbocycles. The third-order valence-corrected chi connectivity index (χ3v) is 3.65. The molecule has 0 radical (unpaired) electrons. The zero-order valence-electron chi connectivity index (χ0n) is 12.9. The highest BCUT2D eigenvalue weighted by atomic mass is 16.4. The predicted molar refractivity (Wildman–Crippen MR) is 85.5 cm³/mol. The fraction of sp³-hybridized carbons (Fsp3) is 0.412. The lowest BCUT2D eigenvalue weighted by atomic mass is 10.0. The number of hydrogen-bond donors (Lipinski definition) is 2. The quantitative estimate of drug-likeness (QED) is 0.822. The molecule has 2 atom stereocenters. The van der Waals surface area contributed by atoms with E-state index in [1.165, 1.54) is 11.3 Å². The van der Waals surface area contributed by atoms with Crippen LogP contribution in [0.5, 0.6) is 0 Å². The van der Waals surface area contributed by atoms with E-state index in [1.807, 2.05) is 14.1 Å². The molecule has 1 aromatic carbocycles. The fourth-order valence-electron chi connectivity index (χ4n) is 2.34. The van der Waals surface area contributed by atoms with E-state index < -0.39 is 6.10 Å². The average Bonchev–Trinajstić information content (AvgIpc) is 3.02. The lowest BCUT2D eigenvalue weighted by Gasteiger charge is -2.20. The highest BCUT2D eigenvalue weighted by molar-refractivity contribution is 5.46. The molecule has 0 saturated heterocycles. The molecule has 2 N–H and O–H groups in total. The molecule has 1 heterocycles. The lowest BCUT2D eigenvalue weighted by Crippen LogP contribution is -2.26. The highest BCUT2D eigenvalue weighted by Gasteiger charge is 2.14. The number of aliphatic hydroxyl groups is 1. The summed E-state index contributed by atoms with van der Waals surface area (Å²) in [7, 11) is 4.06. The summed E-state index contributed by atoms with van der Waals surface area (Å²) in [4.78, 5) is 2.08. The smallest absolute Gasteiger partial charge is 0.133 e. The number of rotatable bonds is 7. The van der Waals surface area contributed by atoms with Crippen molar-refractivity contribution in [2.75, 3.05) is 25.5 Å². The van der Waals surface area contributed by atoms with E-state index in [9.17, 15) is 5.11 Å². The maximum atomic E-state index is 10.1. The molecule has 0 spiro atoms. The summed E-state index contributed by atoms with van der Waals surface area (Å²) < 4.78 is 5.21. The molecule has 0 aliphatic heterocycles. The third-order valence-electron chi connectivity index (χ3n) is 3.65. The van der Waals surface area contributed by atoms with Crippen LogP contribution in [-0.4, -0.2) is 25.7 Å². The van der Waals surface area contributed by atoms with Crippen LogP contribution < -0.4 is 10.2 Å². The Bertz CT molecular complexity index is 520. The maximum absolute atomic E-state index is 10.1. The molecule has 4 heteroatoms. The van der Waals surface area contributed by atoms with Crippen LogP contribution in [0, 0.1) is 0 Å². The zero-order chi connectivity index (χ0) is 15.2. The van der Waals surface area contributed by atoms with Gasteiger partial charge in [-0.15, -0.1) is 0 Å². The van der Waals surface area contributed by atoms with E-state index >= 15 is 0 Å². The summed E-state index contributed by atoms with van der Waals surface area (Å²) in [6, 6.07) is 12.3. The standard InChI is InChI=1S/C17H24N2O2/c1-4-15(13-7-9-14(10-8-13)19(2)3)18-12-16(20)17-6-5-11-21-17/h5-11,15-16,18,20H,4,12H2,1-3H3. The second-order valence-corrected chi connectivity index (χ2v) is 5.39. The van der Waals surface area contributed by atoms with Gasteiger partial charge in [-0.05, 0) is 36.2 Å². The Morgan fingerprint density at radius 1 is 1.19 bits per heavy atom. The van der Waals surface area contributed by atoms with Gasteiger partial charge in [-0.3, -0.25) is 0 Å². The van der Waals surface area contributed by atoms with E-state index in [2.05, 4.69) is 41.4 Å². The molecule has 2 aromatic rings. The first-order chi connectivity index (χ1) is 10.1. The number of aliphatic hydroxyl groups excluding tert-OH is 1. The van der Waals surface area contributed by atoms with Crippen molar-refractivity contribution in [2.45, 2.75) is 25.5 Å². The van der Waals surface area contributed by atoms with Crippen molar-refractivity contribution in [2.24, 2.45) is 0 Å². The number of hydrogen-bond acceptors (Lipinski definition) is 4. The number of nitrogens with zero attached hydrogens (tertiary/aromatic N) is 1. The Balaban J connectivity index is 1.96. The molecule has 0 saturated carbocycles. The van der Waals surface area contributed by atoms with Crippen LogP contribution in [0.25, 0.3) is 0 Å². The highest BCUT2D eigenvalue weighted by Crippen LogP contribution is 2.21. The Labute approximate surface area is 126 Å². The van der Waals surface area contributed by atoms with Crippen molar-refractivity contribution in [3.8, 4) is 0 Å². The van der Waals surface area contributed by atoms with Crippen molar-refractivity contribution in [3.05, 3.63) is 54.0 Å². The average molecular weight is 288 g/mol. The second-order valence-electron chi connectivity index (χ2n) is 5.39. The molecule has 1 aromatic heterocycles. The van der Waals surface area contributed by atoms with Gasteiger partial charge < -0.3 is 19.7 Å². The molecule has 0 fully saturated rings. The molecule has 0 bridgehead atoms. The largest absolute Gasteiger partial charge is 0.467 e.